The fraction of sp³-hybridized carbons (Fsp3) is 0.227. The number of nitriles is 1. The molecule has 29 heavy (non-hydrogen) atoms. The molecule has 0 aliphatic carbocycles. The van der Waals surface area contributed by atoms with Crippen LogP contribution in [0.25, 0.3) is 10.1 Å². The first-order valence-corrected chi connectivity index (χ1v) is 10.2. The molecule has 3 amide bonds. The highest BCUT2D eigenvalue weighted by molar-refractivity contribution is 7.17. The van der Waals surface area contributed by atoms with Crippen LogP contribution in [0.15, 0.2) is 60.0 Å². The van der Waals surface area contributed by atoms with Crippen molar-refractivity contribution in [1.82, 2.24) is 16.0 Å². The molecule has 3 aromatic rings. The van der Waals surface area contributed by atoms with Crippen LogP contribution in [0.3, 0.4) is 0 Å². The first kappa shape index (κ1) is 20.4. The maximum atomic E-state index is 12.6. The molecule has 0 spiro atoms. The molecule has 2 aromatic carbocycles. The molecular weight excluding hydrogens is 384 g/mol. The first-order chi connectivity index (χ1) is 14.1. The Bertz CT molecular complexity index is 1030. The number of rotatable bonds is 7. The molecule has 6 nitrogen and oxygen atoms in total. The number of nitrogens with one attached hydrogen (secondary N) is 3. The summed E-state index contributed by atoms with van der Waals surface area (Å²) in [6.45, 7) is 1.77. The van der Waals surface area contributed by atoms with Gasteiger partial charge >= 0.3 is 6.03 Å². The summed E-state index contributed by atoms with van der Waals surface area (Å²) in [5, 5.41) is 20.0. The molecule has 3 N–H and O–H groups in total. The van der Waals surface area contributed by atoms with Crippen molar-refractivity contribution >= 4 is 33.4 Å². The van der Waals surface area contributed by atoms with Crippen molar-refractivity contribution in [1.29, 1.82) is 5.26 Å². The molecule has 148 valence electrons. The summed E-state index contributed by atoms with van der Waals surface area (Å²) in [6, 6.07) is 18.0. The number of urea groups is 1. The van der Waals surface area contributed by atoms with Gasteiger partial charge in [-0.05, 0) is 34.9 Å². The summed E-state index contributed by atoms with van der Waals surface area (Å²) in [6.07, 6.45) is 0.342. The molecule has 1 heterocycles. The van der Waals surface area contributed by atoms with Gasteiger partial charge in [-0.15, -0.1) is 11.3 Å². The van der Waals surface area contributed by atoms with E-state index in [2.05, 4.69) is 16.0 Å². The van der Waals surface area contributed by atoms with Gasteiger partial charge in [-0.3, -0.25) is 4.79 Å². The van der Waals surface area contributed by atoms with E-state index in [4.69, 9.17) is 5.26 Å². The predicted octanol–water partition coefficient (Wildman–Crippen LogP) is 3.51. The number of carbonyl (C=O) groups excluding carboxylic acids is 2. The molecule has 1 aromatic heterocycles. The molecule has 7 heteroatoms. The zero-order chi connectivity index (χ0) is 20.6. The van der Waals surface area contributed by atoms with E-state index in [1.165, 1.54) is 0 Å². The Morgan fingerprint density at radius 1 is 1.07 bits per heavy atom. The lowest BCUT2D eigenvalue weighted by molar-refractivity contribution is -0.122. The van der Waals surface area contributed by atoms with Crippen LogP contribution < -0.4 is 16.0 Å². The second kappa shape index (κ2) is 9.71. The summed E-state index contributed by atoms with van der Waals surface area (Å²) >= 11 is 1.60. The van der Waals surface area contributed by atoms with Crippen molar-refractivity contribution < 1.29 is 9.59 Å². The zero-order valence-electron chi connectivity index (χ0n) is 16.0. The normalized spacial score (nSPS) is 12.6. The first-order valence-electron chi connectivity index (χ1n) is 9.30. The van der Waals surface area contributed by atoms with Crippen LogP contribution in [0.5, 0.6) is 0 Å². The summed E-state index contributed by atoms with van der Waals surface area (Å²) in [5.74, 6) is -0.385. The van der Waals surface area contributed by atoms with Crippen molar-refractivity contribution in [3.05, 3.63) is 71.1 Å². The lowest BCUT2D eigenvalue weighted by Gasteiger charge is -2.20. The van der Waals surface area contributed by atoms with E-state index in [1.807, 2.05) is 73.0 Å². The number of fused-ring (bicyclic) bond motifs is 1. The zero-order valence-corrected chi connectivity index (χ0v) is 16.8. The van der Waals surface area contributed by atoms with E-state index < -0.39 is 12.1 Å². The van der Waals surface area contributed by atoms with E-state index in [0.717, 1.165) is 21.2 Å². The molecular formula is C22H22N4O2S. The highest BCUT2D eigenvalue weighted by atomic mass is 32.1. The summed E-state index contributed by atoms with van der Waals surface area (Å²) in [4.78, 5) is 25.1. The molecule has 0 bridgehead atoms. The van der Waals surface area contributed by atoms with E-state index in [0.29, 0.717) is 6.42 Å². The summed E-state index contributed by atoms with van der Waals surface area (Å²) in [5.41, 5.74) is 1.95. The van der Waals surface area contributed by atoms with Gasteiger partial charge in [0.1, 0.15) is 12.6 Å². The van der Waals surface area contributed by atoms with Crippen molar-refractivity contribution in [3.63, 3.8) is 0 Å². The number of thiophene rings is 1. The van der Waals surface area contributed by atoms with Gasteiger partial charge in [-0.25, -0.2) is 4.79 Å². The van der Waals surface area contributed by atoms with Gasteiger partial charge in [-0.2, -0.15) is 5.26 Å². The van der Waals surface area contributed by atoms with Crippen LogP contribution in [-0.2, 0) is 11.2 Å². The molecule has 0 radical (unpaired) electrons. The number of carbonyl (C=O) groups is 2. The second-order valence-electron chi connectivity index (χ2n) is 6.64. The van der Waals surface area contributed by atoms with Gasteiger partial charge < -0.3 is 16.0 Å². The van der Waals surface area contributed by atoms with Crippen LogP contribution in [0.1, 0.15) is 24.1 Å². The Kier molecular flexibility index (Phi) is 6.82. The van der Waals surface area contributed by atoms with Gasteiger partial charge in [0.25, 0.3) is 0 Å². The average molecular weight is 407 g/mol. The minimum Gasteiger partial charge on any atom is -0.341 e. The van der Waals surface area contributed by atoms with Crippen LogP contribution in [0, 0.1) is 11.3 Å². The Morgan fingerprint density at radius 3 is 2.55 bits per heavy atom. The van der Waals surface area contributed by atoms with Gasteiger partial charge in [0.2, 0.25) is 5.91 Å². The highest BCUT2D eigenvalue weighted by Crippen LogP contribution is 2.26. The lowest BCUT2D eigenvalue weighted by atomic mass is 10.0. The average Bonchev–Trinajstić information content (AvgIpc) is 3.15. The van der Waals surface area contributed by atoms with E-state index >= 15 is 0 Å². The second-order valence-corrected chi connectivity index (χ2v) is 7.55. The Labute approximate surface area is 173 Å². The molecule has 0 saturated carbocycles. The fourth-order valence-electron chi connectivity index (χ4n) is 3.09. The third-order valence-electron chi connectivity index (χ3n) is 4.60. The van der Waals surface area contributed by atoms with Gasteiger partial charge in [-0.1, -0.05) is 48.5 Å². The standard InChI is InChI=1S/C22H22N4O2S/c1-15(16-7-3-2-4-8-16)25-22(28)26-19(21(27)24-12-11-23)13-17-14-29-20-10-6-5-9-18(17)20/h2-10,14-15,19H,12-13H2,1H3,(H,24,27)(H2,25,26,28). The molecule has 3 rings (SSSR count). The Balaban J connectivity index is 1.72. The van der Waals surface area contributed by atoms with Crippen molar-refractivity contribution in [3.8, 4) is 6.07 Å². The van der Waals surface area contributed by atoms with Gasteiger partial charge in [0.15, 0.2) is 0 Å². The Morgan fingerprint density at radius 2 is 1.79 bits per heavy atom. The highest BCUT2D eigenvalue weighted by Gasteiger charge is 2.23. The molecule has 2 atom stereocenters. The quantitative estimate of drug-likeness (QED) is 0.524. The lowest BCUT2D eigenvalue weighted by Crippen LogP contribution is -2.51. The third-order valence-corrected chi connectivity index (χ3v) is 5.61. The molecule has 0 aliphatic rings. The van der Waals surface area contributed by atoms with Crippen molar-refractivity contribution in [2.75, 3.05) is 6.54 Å². The monoisotopic (exact) mass is 406 g/mol. The molecule has 0 aliphatic heterocycles. The topological polar surface area (TPSA) is 94.0 Å². The SMILES string of the molecule is CC(NC(=O)NC(Cc1csc2ccccc12)C(=O)NCC#N)c1ccccc1. The number of benzene rings is 2. The number of nitrogens with zero attached hydrogens (tertiary/aromatic N) is 1. The number of amides is 3. The minimum atomic E-state index is -0.788. The van der Waals surface area contributed by atoms with Crippen LogP contribution in [0.2, 0.25) is 0 Å². The Hall–Kier alpha value is -3.37. The smallest absolute Gasteiger partial charge is 0.315 e. The van der Waals surface area contributed by atoms with E-state index in [-0.39, 0.29) is 18.5 Å². The van der Waals surface area contributed by atoms with E-state index in [9.17, 15) is 9.59 Å². The maximum absolute atomic E-state index is 12.6. The molecule has 2 unspecified atom stereocenters. The van der Waals surface area contributed by atoms with Gasteiger partial charge in [0.05, 0.1) is 12.1 Å². The summed E-state index contributed by atoms with van der Waals surface area (Å²) in [7, 11) is 0. The number of hydrogen-bond acceptors (Lipinski definition) is 4. The number of hydrogen-bond donors (Lipinski definition) is 3. The maximum Gasteiger partial charge on any atom is 0.315 e. The molecule has 0 fully saturated rings. The van der Waals surface area contributed by atoms with E-state index in [1.54, 1.807) is 11.3 Å². The van der Waals surface area contributed by atoms with Crippen molar-refractivity contribution in [2.45, 2.75) is 25.4 Å². The summed E-state index contributed by atoms with van der Waals surface area (Å²) < 4.78 is 1.13. The van der Waals surface area contributed by atoms with Crippen LogP contribution in [-0.4, -0.2) is 24.5 Å². The minimum absolute atomic E-state index is 0.108. The van der Waals surface area contributed by atoms with Crippen LogP contribution in [0.4, 0.5) is 4.79 Å². The van der Waals surface area contributed by atoms with Crippen LogP contribution >= 0.6 is 11.3 Å². The van der Waals surface area contributed by atoms with Crippen molar-refractivity contribution in [2.24, 2.45) is 0 Å². The largest absolute Gasteiger partial charge is 0.341 e. The third kappa shape index (κ3) is 5.33. The van der Waals surface area contributed by atoms with Gasteiger partial charge in [0, 0.05) is 11.1 Å². The predicted molar refractivity (Wildman–Crippen MR) is 114 cm³/mol. The molecule has 0 saturated heterocycles. The fourth-order valence-corrected chi connectivity index (χ4v) is 4.07.